The second kappa shape index (κ2) is 2.71. The van der Waals surface area contributed by atoms with Crippen LogP contribution in [-0.2, 0) is 0 Å². The summed E-state index contributed by atoms with van der Waals surface area (Å²) in [5.41, 5.74) is 7.14. The summed E-state index contributed by atoms with van der Waals surface area (Å²) in [6.07, 6.45) is 1.55. The van der Waals surface area contributed by atoms with E-state index in [-0.39, 0.29) is 0 Å². The van der Waals surface area contributed by atoms with Gasteiger partial charge >= 0.3 is 0 Å². The van der Waals surface area contributed by atoms with Crippen molar-refractivity contribution < 1.29 is 0 Å². The van der Waals surface area contributed by atoms with E-state index in [1.54, 1.807) is 6.20 Å². The Kier molecular flexibility index (Phi) is 1.69. The minimum atomic E-state index is 0.449. The van der Waals surface area contributed by atoms with Gasteiger partial charge in [-0.3, -0.25) is 4.98 Å². The van der Waals surface area contributed by atoms with E-state index in [0.717, 1.165) is 15.5 Å². The highest BCUT2D eigenvalue weighted by Crippen LogP contribution is 2.16. The first-order valence-electron chi connectivity index (χ1n) is 3.43. The Labute approximate surface area is 77.8 Å². The molecule has 12 heavy (non-hydrogen) atoms. The summed E-state index contributed by atoms with van der Waals surface area (Å²) in [6.45, 7) is 0. The lowest BCUT2D eigenvalue weighted by Crippen LogP contribution is -1.91. The van der Waals surface area contributed by atoms with Crippen LogP contribution in [0.5, 0.6) is 0 Å². The van der Waals surface area contributed by atoms with E-state index in [4.69, 9.17) is 5.73 Å². The summed E-state index contributed by atoms with van der Waals surface area (Å²) in [4.78, 5) is 8.24. The summed E-state index contributed by atoms with van der Waals surface area (Å²) in [7, 11) is 0. The van der Waals surface area contributed by atoms with Crippen molar-refractivity contribution in [1.82, 2.24) is 9.97 Å². The molecule has 0 aliphatic rings. The standard InChI is InChI=1S/C8H6BrN3/c9-5-1-2-6-7(3-5)11-4-8(10)12-6/h1-4H,(H2,10,12). The van der Waals surface area contributed by atoms with Crippen molar-refractivity contribution in [2.45, 2.75) is 0 Å². The molecule has 3 nitrogen and oxygen atoms in total. The molecule has 2 rings (SSSR count). The number of nitrogen functional groups attached to an aromatic ring is 1. The molecule has 0 amide bonds. The van der Waals surface area contributed by atoms with E-state index < -0.39 is 0 Å². The molecule has 60 valence electrons. The van der Waals surface area contributed by atoms with Crippen LogP contribution in [0, 0.1) is 0 Å². The third-order valence-electron chi connectivity index (χ3n) is 1.52. The smallest absolute Gasteiger partial charge is 0.142 e. The molecule has 1 heterocycles. The number of aromatic nitrogens is 2. The normalized spacial score (nSPS) is 10.4. The number of hydrogen-bond acceptors (Lipinski definition) is 3. The molecule has 0 atom stereocenters. The number of hydrogen-bond donors (Lipinski definition) is 1. The highest BCUT2D eigenvalue weighted by Gasteiger charge is 1.96. The Morgan fingerprint density at radius 1 is 1.25 bits per heavy atom. The van der Waals surface area contributed by atoms with Gasteiger partial charge in [0.05, 0.1) is 17.2 Å². The van der Waals surface area contributed by atoms with E-state index in [0.29, 0.717) is 5.82 Å². The van der Waals surface area contributed by atoms with Gasteiger partial charge in [-0.1, -0.05) is 15.9 Å². The number of benzene rings is 1. The molecule has 1 aromatic heterocycles. The minimum absolute atomic E-state index is 0.449. The molecule has 0 spiro atoms. The highest BCUT2D eigenvalue weighted by atomic mass is 79.9. The van der Waals surface area contributed by atoms with Crippen molar-refractivity contribution >= 4 is 32.8 Å². The van der Waals surface area contributed by atoms with Gasteiger partial charge in [-0.2, -0.15) is 0 Å². The van der Waals surface area contributed by atoms with Crippen molar-refractivity contribution in [3.63, 3.8) is 0 Å². The second-order valence-electron chi connectivity index (χ2n) is 2.43. The fraction of sp³-hybridized carbons (Fsp3) is 0. The van der Waals surface area contributed by atoms with Crippen molar-refractivity contribution in [3.05, 3.63) is 28.9 Å². The van der Waals surface area contributed by atoms with E-state index >= 15 is 0 Å². The molecule has 4 heteroatoms. The average Bonchev–Trinajstić information content (AvgIpc) is 2.05. The lowest BCUT2D eigenvalue weighted by atomic mass is 10.3. The van der Waals surface area contributed by atoms with Gasteiger partial charge in [0.15, 0.2) is 0 Å². The largest absolute Gasteiger partial charge is 0.382 e. The van der Waals surface area contributed by atoms with Gasteiger partial charge in [0.25, 0.3) is 0 Å². The van der Waals surface area contributed by atoms with Crippen LogP contribution >= 0.6 is 15.9 Å². The number of nitrogens with zero attached hydrogens (tertiary/aromatic N) is 2. The number of halogens is 1. The minimum Gasteiger partial charge on any atom is -0.382 e. The average molecular weight is 224 g/mol. The van der Waals surface area contributed by atoms with E-state index in [1.807, 2.05) is 18.2 Å². The Hall–Kier alpha value is -1.16. The maximum absolute atomic E-state index is 5.48. The molecule has 0 radical (unpaired) electrons. The highest BCUT2D eigenvalue weighted by molar-refractivity contribution is 9.10. The Bertz CT molecular complexity index is 386. The summed E-state index contributed by atoms with van der Waals surface area (Å²) in [5.74, 6) is 0.449. The SMILES string of the molecule is Nc1cnc2cc(Br)ccc2n1. The van der Waals surface area contributed by atoms with E-state index in [9.17, 15) is 0 Å². The summed E-state index contributed by atoms with van der Waals surface area (Å²) < 4.78 is 0.995. The van der Waals surface area contributed by atoms with Crippen LogP contribution in [0.4, 0.5) is 5.82 Å². The zero-order chi connectivity index (χ0) is 8.55. The summed E-state index contributed by atoms with van der Waals surface area (Å²) >= 11 is 3.35. The number of fused-ring (bicyclic) bond motifs is 1. The molecule has 0 saturated heterocycles. The van der Waals surface area contributed by atoms with Gasteiger partial charge in [0.1, 0.15) is 5.82 Å². The first-order chi connectivity index (χ1) is 5.75. The number of nitrogens with two attached hydrogens (primary N) is 1. The lowest BCUT2D eigenvalue weighted by molar-refractivity contribution is 1.30. The third kappa shape index (κ3) is 1.25. The Balaban J connectivity index is 2.79. The first kappa shape index (κ1) is 7.49. The predicted molar refractivity (Wildman–Crippen MR) is 51.7 cm³/mol. The van der Waals surface area contributed by atoms with Crippen LogP contribution < -0.4 is 5.73 Å². The number of rotatable bonds is 0. The van der Waals surface area contributed by atoms with E-state index in [1.165, 1.54) is 0 Å². The van der Waals surface area contributed by atoms with Gasteiger partial charge in [0, 0.05) is 4.47 Å². The summed E-state index contributed by atoms with van der Waals surface area (Å²) in [6, 6.07) is 5.70. The fourth-order valence-corrected chi connectivity index (χ4v) is 1.35. The van der Waals surface area contributed by atoms with Gasteiger partial charge in [0.2, 0.25) is 0 Å². The lowest BCUT2D eigenvalue weighted by Gasteiger charge is -1.97. The van der Waals surface area contributed by atoms with Crippen LogP contribution in [0.1, 0.15) is 0 Å². The molecular formula is C8H6BrN3. The Morgan fingerprint density at radius 3 is 2.92 bits per heavy atom. The number of anilines is 1. The quantitative estimate of drug-likeness (QED) is 0.744. The van der Waals surface area contributed by atoms with Crippen LogP contribution in [0.3, 0.4) is 0 Å². The zero-order valence-corrected chi connectivity index (χ0v) is 7.75. The van der Waals surface area contributed by atoms with Crippen LogP contribution in [0.25, 0.3) is 11.0 Å². The topological polar surface area (TPSA) is 51.8 Å². The molecular weight excluding hydrogens is 218 g/mol. The van der Waals surface area contributed by atoms with Crippen molar-refractivity contribution in [2.24, 2.45) is 0 Å². The van der Waals surface area contributed by atoms with Crippen LogP contribution in [-0.4, -0.2) is 9.97 Å². The van der Waals surface area contributed by atoms with Crippen molar-refractivity contribution in [3.8, 4) is 0 Å². The predicted octanol–water partition coefficient (Wildman–Crippen LogP) is 1.97. The molecule has 2 aromatic rings. The molecule has 0 bridgehead atoms. The van der Waals surface area contributed by atoms with E-state index in [2.05, 4.69) is 25.9 Å². The molecule has 2 N–H and O–H groups in total. The monoisotopic (exact) mass is 223 g/mol. The molecule has 0 fully saturated rings. The fourth-order valence-electron chi connectivity index (χ4n) is 0.998. The maximum Gasteiger partial charge on any atom is 0.142 e. The van der Waals surface area contributed by atoms with Gasteiger partial charge in [-0.25, -0.2) is 4.98 Å². The molecule has 0 aliphatic carbocycles. The molecule has 0 saturated carbocycles. The van der Waals surface area contributed by atoms with Crippen LogP contribution in [0.2, 0.25) is 0 Å². The van der Waals surface area contributed by atoms with Crippen molar-refractivity contribution in [2.75, 3.05) is 5.73 Å². The van der Waals surface area contributed by atoms with Gasteiger partial charge in [-0.15, -0.1) is 0 Å². The second-order valence-corrected chi connectivity index (χ2v) is 3.34. The van der Waals surface area contributed by atoms with Crippen LogP contribution in [0.15, 0.2) is 28.9 Å². The van der Waals surface area contributed by atoms with Crippen molar-refractivity contribution in [1.29, 1.82) is 0 Å². The molecule has 0 unspecified atom stereocenters. The molecule has 0 aliphatic heterocycles. The zero-order valence-electron chi connectivity index (χ0n) is 6.16. The van der Waals surface area contributed by atoms with Gasteiger partial charge in [-0.05, 0) is 18.2 Å². The first-order valence-corrected chi connectivity index (χ1v) is 4.23. The summed E-state index contributed by atoms with van der Waals surface area (Å²) in [5, 5.41) is 0. The Morgan fingerprint density at radius 2 is 2.08 bits per heavy atom. The third-order valence-corrected chi connectivity index (χ3v) is 2.02. The molecule has 1 aromatic carbocycles. The van der Waals surface area contributed by atoms with Gasteiger partial charge < -0.3 is 5.73 Å². The maximum atomic E-state index is 5.48.